The van der Waals surface area contributed by atoms with E-state index in [0.29, 0.717) is 11.9 Å². The summed E-state index contributed by atoms with van der Waals surface area (Å²) < 4.78 is 5.84. The minimum absolute atomic E-state index is 0.278. The molecule has 1 aliphatic rings. The predicted molar refractivity (Wildman–Crippen MR) is 68.4 cm³/mol. The summed E-state index contributed by atoms with van der Waals surface area (Å²) in [4.78, 5) is 8.56. The molecule has 0 aromatic carbocycles. The lowest BCUT2D eigenvalue weighted by atomic mass is 9.89. The molecule has 1 aromatic heterocycles. The Morgan fingerprint density at radius 1 is 1.47 bits per heavy atom. The summed E-state index contributed by atoms with van der Waals surface area (Å²) >= 11 is 5.77. The Balaban J connectivity index is 2.00. The summed E-state index contributed by atoms with van der Waals surface area (Å²) in [6, 6.07) is 0.496. The van der Waals surface area contributed by atoms with Crippen LogP contribution >= 0.6 is 11.6 Å². The van der Waals surface area contributed by atoms with Crippen molar-refractivity contribution in [2.45, 2.75) is 51.5 Å². The van der Waals surface area contributed by atoms with Crippen molar-refractivity contribution < 1.29 is 4.74 Å². The molecule has 0 N–H and O–H groups in total. The third-order valence-electron chi connectivity index (χ3n) is 3.36. The van der Waals surface area contributed by atoms with Gasteiger partial charge < -0.3 is 4.74 Å². The molecule has 2 rings (SSSR count). The first kappa shape index (κ1) is 12.6. The zero-order valence-electron chi connectivity index (χ0n) is 10.4. The fraction of sp³-hybridized carbons (Fsp3) is 0.692. The highest BCUT2D eigenvalue weighted by Crippen LogP contribution is 2.26. The molecule has 1 heterocycles. The van der Waals surface area contributed by atoms with Crippen molar-refractivity contribution in [3.63, 3.8) is 0 Å². The highest BCUT2D eigenvalue weighted by Gasteiger charge is 2.21. The second-order valence-corrected chi connectivity index (χ2v) is 5.18. The number of rotatable bonds is 3. The topological polar surface area (TPSA) is 35.0 Å². The van der Waals surface area contributed by atoms with E-state index in [-0.39, 0.29) is 6.10 Å². The van der Waals surface area contributed by atoms with E-state index in [1.807, 2.05) is 6.92 Å². The maximum absolute atomic E-state index is 5.84. The average Bonchev–Trinajstić information content (AvgIpc) is 2.29. The van der Waals surface area contributed by atoms with Crippen molar-refractivity contribution in [1.82, 2.24) is 9.97 Å². The van der Waals surface area contributed by atoms with Crippen LogP contribution in [0.2, 0.25) is 0 Å². The van der Waals surface area contributed by atoms with Gasteiger partial charge in [0.1, 0.15) is 6.10 Å². The SMILES string of the molecule is Cc1nc(OC2CCCC(C)C2)ncc1CCl. The largest absolute Gasteiger partial charge is 0.460 e. The minimum Gasteiger partial charge on any atom is -0.460 e. The summed E-state index contributed by atoms with van der Waals surface area (Å²) in [6.07, 6.45) is 6.82. The Bertz CT molecular complexity index is 384. The van der Waals surface area contributed by atoms with Crippen LogP contribution in [0, 0.1) is 12.8 Å². The van der Waals surface area contributed by atoms with Gasteiger partial charge in [0.05, 0.1) is 5.88 Å². The number of ether oxygens (including phenoxy) is 1. The van der Waals surface area contributed by atoms with Crippen molar-refractivity contribution in [2.24, 2.45) is 5.92 Å². The van der Waals surface area contributed by atoms with Gasteiger partial charge in [-0.3, -0.25) is 0 Å². The van der Waals surface area contributed by atoms with Gasteiger partial charge in [0, 0.05) is 17.5 Å². The van der Waals surface area contributed by atoms with Gasteiger partial charge in [-0.1, -0.05) is 13.3 Å². The Morgan fingerprint density at radius 3 is 2.94 bits per heavy atom. The lowest BCUT2D eigenvalue weighted by Gasteiger charge is -2.26. The number of aryl methyl sites for hydroxylation is 1. The molecule has 0 spiro atoms. The molecule has 0 bridgehead atoms. The molecule has 1 aliphatic carbocycles. The van der Waals surface area contributed by atoms with E-state index >= 15 is 0 Å². The molecule has 0 aliphatic heterocycles. The minimum atomic E-state index is 0.278. The molecule has 2 atom stereocenters. The zero-order valence-corrected chi connectivity index (χ0v) is 11.2. The second-order valence-electron chi connectivity index (χ2n) is 4.91. The van der Waals surface area contributed by atoms with Crippen LogP contribution in [0.5, 0.6) is 6.01 Å². The highest BCUT2D eigenvalue weighted by molar-refractivity contribution is 6.17. The first-order chi connectivity index (χ1) is 8.19. The second kappa shape index (κ2) is 5.67. The van der Waals surface area contributed by atoms with Gasteiger partial charge in [-0.15, -0.1) is 11.6 Å². The number of alkyl halides is 1. The fourth-order valence-electron chi connectivity index (χ4n) is 2.29. The fourth-order valence-corrected chi connectivity index (χ4v) is 2.56. The van der Waals surface area contributed by atoms with E-state index in [1.54, 1.807) is 6.20 Å². The van der Waals surface area contributed by atoms with Crippen molar-refractivity contribution in [2.75, 3.05) is 0 Å². The summed E-state index contributed by atoms with van der Waals surface area (Å²) in [6.45, 7) is 4.22. The molecule has 4 heteroatoms. The number of halogens is 1. The van der Waals surface area contributed by atoms with Crippen LogP contribution in [-0.4, -0.2) is 16.1 Å². The first-order valence-corrected chi connectivity index (χ1v) is 6.77. The molecule has 17 heavy (non-hydrogen) atoms. The van der Waals surface area contributed by atoms with Gasteiger partial charge in [0.25, 0.3) is 0 Å². The van der Waals surface area contributed by atoms with Crippen LogP contribution in [0.15, 0.2) is 6.20 Å². The average molecular weight is 255 g/mol. The van der Waals surface area contributed by atoms with Crippen LogP contribution in [0.25, 0.3) is 0 Å². The summed E-state index contributed by atoms with van der Waals surface area (Å²) in [5.74, 6) is 1.20. The molecule has 3 nitrogen and oxygen atoms in total. The van der Waals surface area contributed by atoms with Crippen molar-refractivity contribution >= 4 is 11.6 Å². The number of hydrogen-bond acceptors (Lipinski definition) is 3. The van der Waals surface area contributed by atoms with E-state index in [2.05, 4.69) is 16.9 Å². The quantitative estimate of drug-likeness (QED) is 0.775. The Labute approximate surface area is 108 Å². The monoisotopic (exact) mass is 254 g/mol. The number of nitrogens with zero attached hydrogens (tertiary/aromatic N) is 2. The molecule has 0 saturated heterocycles. The standard InChI is InChI=1S/C13H19ClN2O/c1-9-4-3-5-12(6-9)17-13-15-8-11(7-14)10(2)16-13/h8-9,12H,3-7H2,1-2H3. The van der Waals surface area contributed by atoms with Crippen molar-refractivity contribution in [1.29, 1.82) is 0 Å². The Kier molecular flexibility index (Phi) is 4.21. The lowest BCUT2D eigenvalue weighted by molar-refractivity contribution is 0.118. The van der Waals surface area contributed by atoms with Gasteiger partial charge >= 0.3 is 6.01 Å². The molecular weight excluding hydrogens is 236 g/mol. The maximum Gasteiger partial charge on any atom is 0.316 e. The summed E-state index contributed by atoms with van der Waals surface area (Å²) in [7, 11) is 0. The van der Waals surface area contributed by atoms with E-state index in [4.69, 9.17) is 16.3 Å². The Hall–Kier alpha value is -0.830. The molecule has 0 radical (unpaired) electrons. The van der Waals surface area contributed by atoms with Crippen LogP contribution in [0.1, 0.15) is 43.9 Å². The van der Waals surface area contributed by atoms with Crippen LogP contribution in [-0.2, 0) is 5.88 Å². The molecule has 94 valence electrons. The predicted octanol–water partition coefficient (Wildman–Crippen LogP) is 3.48. The lowest BCUT2D eigenvalue weighted by Crippen LogP contribution is -2.25. The molecular formula is C13H19ClN2O. The third kappa shape index (κ3) is 3.32. The van der Waals surface area contributed by atoms with Crippen LogP contribution < -0.4 is 4.74 Å². The van der Waals surface area contributed by atoms with Gasteiger partial charge in [-0.05, 0) is 32.1 Å². The smallest absolute Gasteiger partial charge is 0.316 e. The van der Waals surface area contributed by atoms with Gasteiger partial charge in [-0.25, -0.2) is 9.97 Å². The third-order valence-corrected chi connectivity index (χ3v) is 3.65. The number of hydrogen-bond donors (Lipinski definition) is 0. The van der Waals surface area contributed by atoms with Crippen LogP contribution in [0.3, 0.4) is 0 Å². The highest BCUT2D eigenvalue weighted by atomic mass is 35.5. The molecule has 1 fully saturated rings. The first-order valence-electron chi connectivity index (χ1n) is 6.24. The van der Waals surface area contributed by atoms with Crippen molar-refractivity contribution in [3.05, 3.63) is 17.5 Å². The summed E-state index contributed by atoms with van der Waals surface area (Å²) in [5.41, 5.74) is 1.88. The molecule has 1 aromatic rings. The van der Waals surface area contributed by atoms with Gasteiger partial charge in [-0.2, -0.15) is 0 Å². The molecule has 0 amide bonds. The van der Waals surface area contributed by atoms with Gasteiger partial charge in [0.2, 0.25) is 0 Å². The maximum atomic E-state index is 5.84. The van der Waals surface area contributed by atoms with E-state index in [1.165, 1.54) is 12.8 Å². The van der Waals surface area contributed by atoms with Crippen molar-refractivity contribution in [3.8, 4) is 6.01 Å². The Morgan fingerprint density at radius 2 is 2.29 bits per heavy atom. The normalized spacial score (nSPS) is 24.6. The molecule has 1 saturated carbocycles. The van der Waals surface area contributed by atoms with E-state index in [9.17, 15) is 0 Å². The van der Waals surface area contributed by atoms with Crippen LogP contribution in [0.4, 0.5) is 0 Å². The van der Waals surface area contributed by atoms with Gasteiger partial charge in [0.15, 0.2) is 0 Å². The molecule has 2 unspecified atom stereocenters. The zero-order chi connectivity index (χ0) is 12.3. The van der Waals surface area contributed by atoms with E-state index < -0.39 is 0 Å². The number of aromatic nitrogens is 2. The summed E-state index contributed by atoms with van der Waals surface area (Å²) in [5, 5.41) is 0. The van der Waals surface area contributed by atoms with E-state index in [0.717, 1.165) is 30.0 Å².